The van der Waals surface area contributed by atoms with E-state index in [0.717, 1.165) is 0 Å². The highest BCUT2D eigenvalue weighted by molar-refractivity contribution is 7.89. The maximum absolute atomic E-state index is 12.6. The molecule has 1 heterocycles. The second-order valence-corrected chi connectivity index (χ2v) is 7.23. The summed E-state index contributed by atoms with van der Waals surface area (Å²) in [5.74, 6) is -0.200. The molecule has 1 aromatic carbocycles. The number of halogens is 1. The molecule has 0 atom stereocenters. The quantitative estimate of drug-likeness (QED) is 0.810. The van der Waals surface area contributed by atoms with Gasteiger partial charge in [0.25, 0.3) is 0 Å². The van der Waals surface area contributed by atoms with Gasteiger partial charge in [-0.3, -0.25) is 4.79 Å². The third-order valence-electron chi connectivity index (χ3n) is 3.67. The first-order chi connectivity index (χ1) is 9.87. The first-order valence-electron chi connectivity index (χ1n) is 6.63. The Morgan fingerprint density at radius 3 is 2.52 bits per heavy atom. The van der Waals surface area contributed by atoms with Crippen LogP contribution in [0.1, 0.15) is 12.8 Å². The topological polar surface area (TPSA) is 92.5 Å². The van der Waals surface area contributed by atoms with Gasteiger partial charge in [0.2, 0.25) is 15.9 Å². The van der Waals surface area contributed by atoms with E-state index in [2.05, 4.69) is 5.32 Å². The van der Waals surface area contributed by atoms with Crippen LogP contribution < -0.4 is 11.1 Å². The zero-order valence-electron chi connectivity index (χ0n) is 11.7. The van der Waals surface area contributed by atoms with Gasteiger partial charge in [-0.15, -0.1) is 0 Å². The molecule has 8 heteroatoms. The van der Waals surface area contributed by atoms with E-state index >= 15 is 0 Å². The molecule has 0 aliphatic carbocycles. The molecule has 2 rings (SSSR count). The fourth-order valence-corrected chi connectivity index (χ4v) is 4.59. The minimum atomic E-state index is -3.73. The van der Waals surface area contributed by atoms with E-state index < -0.39 is 10.0 Å². The summed E-state index contributed by atoms with van der Waals surface area (Å²) < 4.78 is 26.6. The van der Waals surface area contributed by atoms with E-state index in [4.69, 9.17) is 17.3 Å². The van der Waals surface area contributed by atoms with Crippen LogP contribution in [0, 0.1) is 5.92 Å². The van der Waals surface area contributed by atoms with Crippen LogP contribution in [0.25, 0.3) is 0 Å². The number of nitrogen functional groups attached to an aromatic ring is 1. The van der Waals surface area contributed by atoms with Gasteiger partial charge < -0.3 is 11.1 Å². The fraction of sp³-hybridized carbons (Fsp3) is 0.462. The van der Waals surface area contributed by atoms with Crippen LogP contribution in [-0.2, 0) is 14.8 Å². The predicted octanol–water partition coefficient (Wildman–Crippen LogP) is 1.07. The maximum atomic E-state index is 12.6. The molecule has 0 saturated carbocycles. The van der Waals surface area contributed by atoms with Gasteiger partial charge in [-0.2, -0.15) is 4.31 Å². The summed E-state index contributed by atoms with van der Waals surface area (Å²) >= 11 is 5.98. The van der Waals surface area contributed by atoms with Crippen molar-refractivity contribution in [1.29, 1.82) is 0 Å². The SMILES string of the molecule is CNC(=O)C1CCN(S(=O)(=O)c2c(N)cccc2Cl)CC1. The molecule has 1 aliphatic heterocycles. The molecule has 1 aromatic rings. The summed E-state index contributed by atoms with van der Waals surface area (Å²) in [7, 11) is -2.16. The van der Waals surface area contributed by atoms with Crippen LogP contribution in [0.2, 0.25) is 5.02 Å². The molecule has 0 radical (unpaired) electrons. The highest BCUT2D eigenvalue weighted by atomic mass is 35.5. The second kappa shape index (κ2) is 6.21. The third-order valence-corrected chi connectivity index (χ3v) is 6.11. The normalized spacial score (nSPS) is 17.6. The Bertz CT molecular complexity index is 620. The Morgan fingerprint density at radius 2 is 2.00 bits per heavy atom. The van der Waals surface area contributed by atoms with Crippen LogP contribution >= 0.6 is 11.6 Å². The molecule has 3 N–H and O–H groups in total. The number of hydrogen-bond donors (Lipinski definition) is 2. The van der Waals surface area contributed by atoms with Gasteiger partial charge in [0.05, 0.1) is 10.7 Å². The molecule has 21 heavy (non-hydrogen) atoms. The Kier molecular flexibility index (Phi) is 4.75. The van der Waals surface area contributed by atoms with Crippen LogP contribution in [0.5, 0.6) is 0 Å². The summed E-state index contributed by atoms with van der Waals surface area (Å²) in [6.45, 7) is 0.566. The number of sulfonamides is 1. The highest BCUT2D eigenvalue weighted by Gasteiger charge is 2.33. The van der Waals surface area contributed by atoms with Gasteiger partial charge >= 0.3 is 0 Å². The van der Waals surface area contributed by atoms with E-state index in [9.17, 15) is 13.2 Å². The van der Waals surface area contributed by atoms with Gasteiger partial charge in [0.1, 0.15) is 4.90 Å². The average molecular weight is 332 g/mol. The van der Waals surface area contributed by atoms with Crippen LogP contribution in [-0.4, -0.2) is 38.8 Å². The molecule has 6 nitrogen and oxygen atoms in total. The van der Waals surface area contributed by atoms with Gasteiger partial charge in [0, 0.05) is 26.1 Å². The third kappa shape index (κ3) is 3.14. The van der Waals surface area contributed by atoms with Crippen LogP contribution in [0.15, 0.2) is 23.1 Å². The van der Waals surface area contributed by atoms with Crippen LogP contribution in [0.4, 0.5) is 5.69 Å². The monoisotopic (exact) mass is 331 g/mol. The Labute approximate surface area is 129 Å². The zero-order chi connectivity index (χ0) is 15.6. The van der Waals surface area contributed by atoms with Crippen molar-refractivity contribution in [2.75, 3.05) is 25.9 Å². The smallest absolute Gasteiger partial charge is 0.246 e. The Morgan fingerprint density at radius 1 is 1.38 bits per heavy atom. The first-order valence-corrected chi connectivity index (χ1v) is 8.45. The zero-order valence-corrected chi connectivity index (χ0v) is 13.2. The molecule has 0 spiro atoms. The fourth-order valence-electron chi connectivity index (χ4n) is 2.49. The lowest BCUT2D eigenvalue weighted by atomic mass is 9.97. The van der Waals surface area contributed by atoms with Gasteiger partial charge in [-0.1, -0.05) is 17.7 Å². The molecule has 0 aromatic heterocycles. The van der Waals surface area contributed by atoms with E-state index in [1.807, 2.05) is 0 Å². The predicted molar refractivity (Wildman–Crippen MR) is 81.4 cm³/mol. The number of nitrogens with one attached hydrogen (secondary N) is 1. The lowest BCUT2D eigenvalue weighted by Gasteiger charge is -2.30. The Balaban J connectivity index is 2.21. The van der Waals surface area contributed by atoms with Crippen molar-refractivity contribution in [3.8, 4) is 0 Å². The van der Waals surface area contributed by atoms with Crippen molar-refractivity contribution in [3.05, 3.63) is 23.2 Å². The van der Waals surface area contributed by atoms with Gasteiger partial charge in [-0.05, 0) is 25.0 Å². The minimum Gasteiger partial charge on any atom is -0.398 e. The lowest BCUT2D eigenvalue weighted by molar-refractivity contribution is -0.125. The molecule has 1 fully saturated rings. The van der Waals surface area contributed by atoms with Crippen molar-refractivity contribution in [3.63, 3.8) is 0 Å². The summed E-state index contributed by atoms with van der Waals surface area (Å²) in [5, 5.41) is 2.70. The number of piperidine rings is 1. The molecule has 1 saturated heterocycles. The van der Waals surface area contributed by atoms with Crippen molar-refractivity contribution >= 4 is 33.2 Å². The highest BCUT2D eigenvalue weighted by Crippen LogP contribution is 2.32. The number of nitrogens with two attached hydrogens (primary N) is 1. The molecule has 116 valence electrons. The van der Waals surface area contributed by atoms with Gasteiger partial charge in [0.15, 0.2) is 0 Å². The number of hydrogen-bond acceptors (Lipinski definition) is 4. The molecule has 0 bridgehead atoms. The maximum Gasteiger partial charge on any atom is 0.246 e. The van der Waals surface area contributed by atoms with Gasteiger partial charge in [-0.25, -0.2) is 8.42 Å². The summed E-state index contributed by atoms with van der Waals surface area (Å²) in [6, 6.07) is 4.62. The van der Waals surface area contributed by atoms with E-state index in [-0.39, 0.29) is 40.5 Å². The number of amides is 1. The van der Waals surface area contributed by atoms with E-state index in [0.29, 0.717) is 12.8 Å². The number of nitrogens with zero attached hydrogens (tertiary/aromatic N) is 1. The molecular formula is C13H18ClN3O3S. The number of benzene rings is 1. The van der Waals surface area contributed by atoms with Crippen molar-refractivity contribution in [2.45, 2.75) is 17.7 Å². The van der Waals surface area contributed by atoms with Crippen molar-refractivity contribution < 1.29 is 13.2 Å². The summed E-state index contributed by atoms with van der Waals surface area (Å²) in [6.07, 6.45) is 0.979. The standard InChI is InChI=1S/C13H18ClN3O3S/c1-16-13(18)9-5-7-17(8-6-9)21(19,20)12-10(14)3-2-4-11(12)15/h2-4,9H,5-8,15H2,1H3,(H,16,18). The molecule has 1 amide bonds. The Hall–Kier alpha value is -1.31. The average Bonchev–Trinajstić information content (AvgIpc) is 2.46. The van der Waals surface area contributed by atoms with E-state index in [1.165, 1.54) is 16.4 Å². The van der Waals surface area contributed by atoms with Crippen molar-refractivity contribution in [1.82, 2.24) is 9.62 Å². The number of carbonyl (C=O) groups is 1. The minimum absolute atomic E-state index is 0.0509. The second-order valence-electron chi connectivity index (χ2n) is 4.95. The number of carbonyl (C=O) groups excluding carboxylic acids is 1. The lowest BCUT2D eigenvalue weighted by Crippen LogP contribution is -2.42. The van der Waals surface area contributed by atoms with Crippen LogP contribution in [0.3, 0.4) is 0 Å². The summed E-state index contributed by atoms with van der Waals surface area (Å²) in [4.78, 5) is 11.5. The summed E-state index contributed by atoms with van der Waals surface area (Å²) in [5.41, 5.74) is 5.89. The van der Waals surface area contributed by atoms with Crippen molar-refractivity contribution in [2.24, 2.45) is 5.92 Å². The molecule has 0 unspecified atom stereocenters. The molecular weight excluding hydrogens is 314 g/mol. The number of anilines is 1. The first kappa shape index (κ1) is 16.1. The molecule has 1 aliphatic rings. The number of rotatable bonds is 3. The largest absolute Gasteiger partial charge is 0.398 e. The van der Waals surface area contributed by atoms with E-state index in [1.54, 1.807) is 13.1 Å².